The number of allylic oxidation sites excluding steroid dienone is 1. The lowest BCUT2D eigenvalue weighted by Crippen LogP contribution is -2.46. The smallest absolute Gasteiger partial charge is 0.313 e. The number of methoxy groups -OCH3 is 2. The number of halogens is 1. The van der Waals surface area contributed by atoms with Crippen molar-refractivity contribution in [1.29, 1.82) is 0 Å². The van der Waals surface area contributed by atoms with E-state index in [2.05, 4.69) is 21.7 Å². The van der Waals surface area contributed by atoms with Gasteiger partial charge in [-0.3, -0.25) is 14.6 Å². The fourth-order valence-corrected chi connectivity index (χ4v) is 4.80. The number of benzene rings is 2. The maximum Gasteiger partial charge on any atom is 0.313 e. The Labute approximate surface area is 219 Å². The monoisotopic (exact) mass is 517 g/mol. The van der Waals surface area contributed by atoms with Crippen LogP contribution in [0.3, 0.4) is 0 Å². The van der Waals surface area contributed by atoms with Crippen LogP contribution in [0.4, 0.5) is 4.39 Å². The van der Waals surface area contributed by atoms with E-state index in [4.69, 9.17) is 14.2 Å². The third-order valence-corrected chi connectivity index (χ3v) is 6.78. The molecule has 2 aliphatic rings. The van der Waals surface area contributed by atoms with Gasteiger partial charge < -0.3 is 24.8 Å². The Morgan fingerprint density at radius 3 is 2.53 bits per heavy atom. The Hall–Kier alpha value is -4.40. The van der Waals surface area contributed by atoms with Crippen molar-refractivity contribution in [3.8, 4) is 17.2 Å². The Balaban J connectivity index is 1.20. The fraction of sp³-hybridized carbons (Fsp3) is 0.276. The second-order valence-corrected chi connectivity index (χ2v) is 9.20. The molecule has 0 fully saturated rings. The minimum atomic E-state index is -0.898. The van der Waals surface area contributed by atoms with Crippen LogP contribution < -0.4 is 24.8 Å². The molecule has 1 unspecified atom stereocenters. The van der Waals surface area contributed by atoms with Crippen LogP contribution >= 0.6 is 0 Å². The predicted octanol–water partition coefficient (Wildman–Crippen LogP) is 3.93. The van der Waals surface area contributed by atoms with Gasteiger partial charge >= 0.3 is 11.8 Å². The highest BCUT2D eigenvalue weighted by molar-refractivity contribution is 6.35. The average Bonchev–Trinajstić information content (AvgIpc) is 2.93. The summed E-state index contributed by atoms with van der Waals surface area (Å²) in [6.07, 6.45) is 5.91. The van der Waals surface area contributed by atoms with Crippen LogP contribution in [0.15, 0.2) is 72.3 Å². The van der Waals surface area contributed by atoms with Gasteiger partial charge in [-0.25, -0.2) is 4.39 Å². The molecule has 2 aliphatic carbocycles. The van der Waals surface area contributed by atoms with Gasteiger partial charge in [0.25, 0.3) is 0 Å². The van der Waals surface area contributed by atoms with E-state index in [1.807, 2.05) is 18.2 Å². The molecule has 0 radical (unpaired) electrons. The summed E-state index contributed by atoms with van der Waals surface area (Å²) in [6.45, 7) is 0. The summed E-state index contributed by atoms with van der Waals surface area (Å²) < 4.78 is 31.7. The largest absolute Gasteiger partial charge is 0.493 e. The van der Waals surface area contributed by atoms with E-state index in [9.17, 15) is 14.0 Å². The van der Waals surface area contributed by atoms with Gasteiger partial charge in [0.15, 0.2) is 17.6 Å². The molecule has 0 saturated carbocycles. The van der Waals surface area contributed by atoms with Crippen LogP contribution in [-0.2, 0) is 22.4 Å². The molecule has 0 aliphatic heterocycles. The van der Waals surface area contributed by atoms with Crippen molar-refractivity contribution in [1.82, 2.24) is 15.6 Å². The van der Waals surface area contributed by atoms with Crippen molar-refractivity contribution in [3.63, 3.8) is 0 Å². The molecule has 0 saturated heterocycles. The molecular formula is C29H28FN3O5. The topological polar surface area (TPSA) is 98.8 Å². The highest BCUT2D eigenvalue weighted by Gasteiger charge is 2.26. The molecule has 9 heteroatoms. The van der Waals surface area contributed by atoms with Crippen LogP contribution in [0, 0.1) is 0 Å². The molecule has 2 aromatic carbocycles. The van der Waals surface area contributed by atoms with Crippen molar-refractivity contribution in [2.24, 2.45) is 0 Å². The van der Waals surface area contributed by atoms with Crippen molar-refractivity contribution >= 4 is 22.7 Å². The van der Waals surface area contributed by atoms with Gasteiger partial charge in [-0.1, -0.05) is 30.3 Å². The molecule has 38 heavy (non-hydrogen) atoms. The lowest BCUT2D eigenvalue weighted by molar-refractivity contribution is -0.139. The first-order valence-electron chi connectivity index (χ1n) is 12.4. The number of nitrogens with one attached hydrogen (secondary N) is 2. The standard InChI is InChI=1S/C29H28FN3O5/c1-36-26-15-21-23(16-27(26)37-2)31-12-11-24(21)38-25-10-9-20(14-22(25)30)33-29(35)28(34)32-19-8-7-17-5-3-4-6-18(17)13-19/h3-6,9,11-12,14-16,19,25H,7-8,10,13H2,1-2H3,(H,32,34)(H,33,35)/t19-,25?/m1/s1. The van der Waals surface area contributed by atoms with Gasteiger partial charge in [-0.15, -0.1) is 0 Å². The summed E-state index contributed by atoms with van der Waals surface area (Å²) in [5, 5.41) is 5.93. The Morgan fingerprint density at radius 2 is 1.76 bits per heavy atom. The van der Waals surface area contributed by atoms with Crippen molar-refractivity contribution in [3.05, 3.63) is 83.5 Å². The van der Waals surface area contributed by atoms with Gasteiger partial charge in [-0.2, -0.15) is 0 Å². The van der Waals surface area contributed by atoms with Gasteiger partial charge in [-0.05, 0) is 48.6 Å². The van der Waals surface area contributed by atoms with Crippen LogP contribution in [0.5, 0.6) is 17.2 Å². The number of hydrogen-bond donors (Lipinski definition) is 2. The van der Waals surface area contributed by atoms with E-state index in [1.165, 1.54) is 31.4 Å². The third-order valence-electron chi connectivity index (χ3n) is 6.78. The number of carbonyl (C=O) groups is 2. The maximum atomic E-state index is 15.0. The number of nitrogens with zero attached hydrogens (tertiary/aromatic N) is 1. The number of pyridine rings is 1. The second-order valence-electron chi connectivity index (χ2n) is 9.20. The van der Waals surface area contributed by atoms with Crippen molar-refractivity contribution < 1.29 is 28.2 Å². The van der Waals surface area contributed by atoms with Gasteiger partial charge in [0.05, 0.1) is 19.7 Å². The zero-order valence-electron chi connectivity index (χ0n) is 21.1. The van der Waals surface area contributed by atoms with Gasteiger partial charge in [0.1, 0.15) is 11.6 Å². The second kappa shape index (κ2) is 10.9. The minimum absolute atomic E-state index is 0.123. The summed E-state index contributed by atoms with van der Waals surface area (Å²) in [5.74, 6) is -0.696. The Bertz CT molecular complexity index is 1450. The highest BCUT2D eigenvalue weighted by Crippen LogP contribution is 2.36. The zero-order valence-corrected chi connectivity index (χ0v) is 21.1. The summed E-state index contributed by atoms with van der Waals surface area (Å²) >= 11 is 0. The van der Waals surface area contributed by atoms with E-state index in [0.717, 1.165) is 12.8 Å². The number of fused-ring (bicyclic) bond motifs is 2. The molecule has 5 rings (SSSR count). The van der Waals surface area contributed by atoms with Crippen molar-refractivity contribution in [2.75, 3.05) is 14.2 Å². The number of rotatable bonds is 6. The molecule has 196 valence electrons. The fourth-order valence-electron chi connectivity index (χ4n) is 4.80. The zero-order chi connectivity index (χ0) is 26.6. The summed E-state index contributed by atoms with van der Waals surface area (Å²) in [4.78, 5) is 29.3. The third kappa shape index (κ3) is 5.32. The molecule has 2 N–H and O–H groups in total. The number of ether oxygens (including phenoxy) is 3. The van der Waals surface area contributed by atoms with Crippen LogP contribution in [0.1, 0.15) is 24.0 Å². The Kier molecular flexibility index (Phi) is 7.26. The molecule has 1 aromatic heterocycles. The molecule has 1 heterocycles. The predicted molar refractivity (Wildman–Crippen MR) is 140 cm³/mol. The van der Waals surface area contributed by atoms with Crippen LogP contribution in [-0.4, -0.2) is 43.2 Å². The van der Waals surface area contributed by atoms with E-state index in [-0.39, 0.29) is 18.2 Å². The van der Waals surface area contributed by atoms with Gasteiger partial charge in [0, 0.05) is 35.8 Å². The molecular weight excluding hydrogens is 489 g/mol. The molecule has 0 spiro atoms. The molecule has 0 bridgehead atoms. The number of aryl methyl sites for hydroxylation is 1. The normalized spacial score (nSPS) is 18.5. The molecule has 3 aromatic rings. The quantitative estimate of drug-likeness (QED) is 0.481. The summed E-state index contributed by atoms with van der Waals surface area (Å²) in [6, 6.07) is 13.1. The molecule has 2 amide bonds. The summed E-state index contributed by atoms with van der Waals surface area (Å²) in [7, 11) is 3.06. The first-order chi connectivity index (χ1) is 18.4. The lowest BCUT2D eigenvalue weighted by Gasteiger charge is -2.25. The number of hydrogen-bond acceptors (Lipinski definition) is 6. The van der Waals surface area contributed by atoms with E-state index in [1.54, 1.807) is 30.5 Å². The van der Waals surface area contributed by atoms with Crippen molar-refractivity contribution in [2.45, 2.75) is 37.8 Å². The maximum absolute atomic E-state index is 15.0. The summed E-state index contributed by atoms with van der Waals surface area (Å²) in [5.41, 5.74) is 3.26. The van der Waals surface area contributed by atoms with Crippen LogP contribution in [0.2, 0.25) is 0 Å². The number of amides is 2. The SMILES string of the molecule is COc1cc2nccc(OC3CC=C(NC(=O)C(=O)N[C@@H]4CCc5ccccc5C4)C=C3F)c2cc1OC. The lowest BCUT2D eigenvalue weighted by atomic mass is 9.88. The number of carbonyl (C=O) groups excluding carboxylic acids is 2. The van der Waals surface area contributed by atoms with Gasteiger partial charge in [0.2, 0.25) is 0 Å². The number of aromatic nitrogens is 1. The minimum Gasteiger partial charge on any atom is -0.493 e. The molecule has 8 nitrogen and oxygen atoms in total. The Morgan fingerprint density at radius 1 is 1.00 bits per heavy atom. The average molecular weight is 518 g/mol. The first kappa shape index (κ1) is 25.3. The van der Waals surface area contributed by atoms with E-state index in [0.29, 0.717) is 34.6 Å². The van der Waals surface area contributed by atoms with E-state index < -0.39 is 23.7 Å². The highest BCUT2D eigenvalue weighted by atomic mass is 19.1. The molecule has 2 atom stereocenters. The first-order valence-corrected chi connectivity index (χ1v) is 12.4. The van der Waals surface area contributed by atoms with Crippen LogP contribution in [0.25, 0.3) is 10.9 Å². The van der Waals surface area contributed by atoms with E-state index >= 15 is 0 Å².